The third-order valence-corrected chi connectivity index (χ3v) is 3.62. The average Bonchev–Trinajstić information content (AvgIpc) is 2.29. The molecule has 0 spiro atoms. The van der Waals surface area contributed by atoms with Crippen molar-refractivity contribution in [2.75, 3.05) is 19.5 Å². The van der Waals surface area contributed by atoms with Gasteiger partial charge in [0.15, 0.2) is 0 Å². The molecule has 0 radical (unpaired) electrons. The van der Waals surface area contributed by atoms with Gasteiger partial charge in [0.25, 0.3) is 0 Å². The Labute approximate surface area is 102 Å². The Morgan fingerprint density at radius 2 is 2.31 bits per heavy atom. The van der Waals surface area contributed by atoms with Crippen LogP contribution in [0.15, 0.2) is 18.2 Å². The summed E-state index contributed by atoms with van der Waals surface area (Å²) in [6.45, 7) is 0.473. The van der Waals surface area contributed by atoms with E-state index in [0.717, 1.165) is 5.56 Å². The number of hydrogen-bond acceptors (Lipinski definition) is 3. The van der Waals surface area contributed by atoms with Crippen LogP contribution in [0.2, 0.25) is 5.02 Å². The predicted octanol–water partition coefficient (Wildman–Crippen LogP) is 2.11. The Morgan fingerprint density at radius 3 is 2.88 bits per heavy atom. The number of methoxy groups -OCH3 is 1. The van der Waals surface area contributed by atoms with Crippen LogP contribution in [0.1, 0.15) is 11.1 Å². The Bertz CT molecular complexity index is 428. The SMILES string of the molecule is COCCS(=O)Cc1ccc(C#N)cc1Cl. The molecule has 1 aromatic rings. The van der Waals surface area contributed by atoms with Gasteiger partial charge in [0, 0.05) is 28.7 Å². The number of halogens is 1. The zero-order chi connectivity index (χ0) is 12.0. The molecule has 0 aliphatic rings. The number of hydrogen-bond donors (Lipinski definition) is 0. The molecule has 3 nitrogen and oxygen atoms in total. The van der Waals surface area contributed by atoms with Crippen LogP contribution in [0.4, 0.5) is 0 Å². The van der Waals surface area contributed by atoms with Gasteiger partial charge >= 0.3 is 0 Å². The van der Waals surface area contributed by atoms with Crippen molar-refractivity contribution in [3.05, 3.63) is 34.3 Å². The van der Waals surface area contributed by atoms with E-state index < -0.39 is 10.8 Å². The summed E-state index contributed by atoms with van der Waals surface area (Å²) in [5.41, 5.74) is 1.31. The van der Waals surface area contributed by atoms with Gasteiger partial charge in [-0.15, -0.1) is 0 Å². The van der Waals surface area contributed by atoms with Crippen LogP contribution in [0.5, 0.6) is 0 Å². The van der Waals surface area contributed by atoms with Crippen LogP contribution in [-0.2, 0) is 21.3 Å². The molecule has 0 heterocycles. The summed E-state index contributed by atoms with van der Waals surface area (Å²) in [6.07, 6.45) is 0. The lowest BCUT2D eigenvalue weighted by Gasteiger charge is -2.04. The lowest BCUT2D eigenvalue weighted by molar-refractivity contribution is 0.218. The number of benzene rings is 1. The van der Waals surface area contributed by atoms with E-state index in [1.54, 1.807) is 25.3 Å². The molecule has 0 aliphatic heterocycles. The molecular weight excluding hydrogens is 246 g/mol. The highest BCUT2D eigenvalue weighted by molar-refractivity contribution is 7.84. The van der Waals surface area contributed by atoms with E-state index in [1.807, 2.05) is 6.07 Å². The van der Waals surface area contributed by atoms with Gasteiger partial charge in [0.2, 0.25) is 0 Å². The molecule has 1 aromatic carbocycles. The zero-order valence-corrected chi connectivity index (χ0v) is 10.5. The van der Waals surface area contributed by atoms with Crippen molar-refractivity contribution in [3.63, 3.8) is 0 Å². The number of ether oxygens (including phenoxy) is 1. The first-order valence-electron chi connectivity index (χ1n) is 4.70. The van der Waals surface area contributed by atoms with Crippen molar-refractivity contribution in [1.82, 2.24) is 0 Å². The maximum atomic E-state index is 11.6. The first kappa shape index (κ1) is 13.2. The molecule has 0 bridgehead atoms. The highest BCUT2D eigenvalue weighted by Crippen LogP contribution is 2.19. The fraction of sp³-hybridized carbons (Fsp3) is 0.364. The largest absolute Gasteiger partial charge is 0.384 e. The fourth-order valence-corrected chi connectivity index (χ4v) is 2.58. The number of rotatable bonds is 5. The van der Waals surface area contributed by atoms with Crippen molar-refractivity contribution in [2.24, 2.45) is 0 Å². The van der Waals surface area contributed by atoms with E-state index >= 15 is 0 Å². The Hall–Kier alpha value is -0.890. The first-order valence-corrected chi connectivity index (χ1v) is 6.56. The van der Waals surface area contributed by atoms with Crippen LogP contribution in [-0.4, -0.2) is 23.7 Å². The van der Waals surface area contributed by atoms with Crippen molar-refractivity contribution in [3.8, 4) is 6.07 Å². The van der Waals surface area contributed by atoms with E-state index in [1.165, 1.54) is 0 Å². The molecule has 0 aromatic heterocycles. The van der Waals surface area contributed by atoms with Crippen LogP contribution in [0.25, 0.3) is 0 Å². The maximum absolute atomic E-state index is 11.6. The molecule has 0 fully saturated rings. The van der Waals surface area contributed by atoms with Gasteiger partial charge in [-0.25, -0.2) is 0 Å². The van der Waals surface area contributed by atoms with Gasteiger partial charge in [-0.3, -0.25) is 4.21 Å². The van der Waals surface area contributed by atoms with Crippen LogP contribution < -0.4 is 0 Å². The summed E-state index contributed by atoms with van der Waals surface area (Å²) < 4.78 is 16.4. The first-order chi connectivity index (χ1) is 7.67. The maximum Gasteiger partial charge on any atom is 0.0992 e. The highest BCUT2D eigenvalue weighted by Gasteiger charge is 2.06. The molecule has 5 heteroatoms. The second kappa shape index (κ2) is 6.64. The normalized spacial score (nSPS) is 12.1. The van der Waals surface area contributed by atoms with E-state index in [9.17, 15) is 4.21 Å². The lowest BCUT2D eigenvalue weighted by Crippen LogP contribution is -2.06. The van der Waals surface area contributed by atoms with Crippen LogP contribution in [0.3, 0.4) is 0 Å². The summed E-state index contributed by atoms with van der Waals surface area (Å²) in [7, 11) is 0.593. The summed E-state index contributed by atoms with van der Waals surface area (Å²) in [5, 5.41) is 9.16. The van der Waals surface area contributed by atoms with E-state index in [4.69, 9.17) is 21.6 Å². The minimum absolute atomic E-state index is 0.397. The second-order valence-corrected chi connectivity index (χ2v) is 5.18. The van der Waals surface area contributed by atoms with Crippen molar-refractivity contribution >= 4 is 22.4 Å². The standard InChI is InChI=1S/C11H12ClNO2S/c1-15-4-5-16(14)8-10-3-2-9(7-13)6-11(10)12/h2-3,6H,4-5,8H2,1H3. The van der Waals surface area contributed by atoms with Crippen molar-refractivity contribution in [2.45, 2.75) is 5.75 Å². The van der Waals surface area contributed by atoms with Gasteiger partial charge in [-0.2, -0.15) is 5.26 Å². The molecule has 0 saturated heterocycles. The predicted molar refractivity (Wildman–Crippen MR) is 64.8 cm³/mol. The third kappa shape index (κ3) is 3.93. The quantitative estimate of drug-likeness (QED) is 0.812. The Kier molecular flexibility index (Phi) is 5.47. The van der Waals surface area contributed by atoms with Crippen LogP contribution in [0, 0.1) is 11.3 Å². The molecule has 86 valence electrons. The lowest BCUT2D eigenvalue weighted by atomic mass is 10.2. The Balaban J connectivity index is 2.68. The van der Waals surface area contributed by atoms with Gasteiger partial charge in [0.1, 0.15) is 0 Å². The number of nitriles is 1. The van der Waals surface area contributed by atoms with Gasteiger partial charge in [-0.1, -0.05) is 17.7 Å². The fourth-order valence-electron chi connectivity index (χ4n) is 1.16. The zero-order valence-electron chi connectivity index (χ0n) is 8.90. The molecule has 1 rings (SSSR count). The molecule has 0 aliphatic carbocycles. The molecule has 1 unspecified atom stereocenters. The monoisotopic (exact) mass is 257 g/mol. The average molecular weight is 258 g/mol. The van der Waals surface area contributed by atoms with Crippen molar-refractivity contribution in [1.29, 1.82) is 5.26 Å². The van der Waals surface area contributed by atoms with Gasteiger partial charge in [-0.05, 0) is 17.7 Å². The molecule has 16 heavy (non-hydrogen) atoms. The van der Waals surface area contributed by atoms with Gasteiger partial charge < -0.3 is 4.74 Å². The van der Waals surface area contributed by atoms with Crippen LogP contribution >= 0.6 is 11.6 Å². The molecular formula is C11H12ClNO2S. The summed E-state index contributed by atoms with van der Waals surface area (Å²) in [6, 6.07) is 7.01. The molecule has 1 atom stereocenters. The molecule has 0 saturated carbocycles. The van der Waals surface area contributed by atoms with Crippen molar-refractivity contribution < 1.29 is 8.95 Å². The topological polar surface area (TPSA) is 50.1 Å². The Morgan fingerprint density at radius 1 is 1.56 bits per heavy atom. The smallest absolute Gasteiger partial charge is 0.0992 e. The second-order valence-electron chi connectivity index (χ2n) is 3.20. The third-order valence-electron chi connectivity index (χ3n) is 2.01. The number of nitrogens with zero attached hydrogens (tertiary/aromatic N) is 1. The van der Waals surface area contributed by atoms with E-state index in [-0.39, 0.29) is 0 Å². The molecule has 0 N–H and O–H groups in total. The van der Waals surface area contributed by atoms with E-state index in [0.29, 0.717) is 28.7 Å². The van der Waals surface area contributed by atoms with E-state index in [2.05, 4.69) is 0 Å². The summed E-state index contributed by atoms with van der Waals surface area (Å²) >= 11 is 5.97. The highest BCUT2D eigenvalue weighted by atomic mass is 35.5. The molecule has 0 amide bonds. The minimum atomic E-state index is -0.982. The summed E-state index contributed by atoms with van der Waals surface area (Å²) in [4.78, 5) is 0. The minimum Gasteiger partial charge on any atom is -0.384 e. The summed E-state index contributed by atoms with van der Waals surface area (Å²) in [5.74, 6) is 0.890. The van der Waals surface area contributed by atoms with Gasteiger partial charge in [0.05, 0.1) is 24.0 Å².